The SMILES string of the molecule is CCCCCCCC/C=C\CCCCCCCC(=O)OCC(COC1OC(C(=O)O)C(O)C(O)C1OC(=O)CCCCCCCCCCC)OC(=O)CCCCCCCCCCCCCCC. The van der Waals surface area contributed by atoms with Gasteiger partial charge in [-0.25, -0.2) is 4.79 Å². The minimum Gasteiger partial charge on any atom is -0.479 e. The predicted octanol–water partition coefficient (Wildman–Crippen LogP) is 13.3. The summed E-state index contributed by atoms with van der Waals surface area (Å²) < 4.78 is 28.3. The lowest BCUT2D eigenvalue weighted by atomic mass is 9.98. The predicted molar refractivity (Wildman–Crippen MR) is 267 cm³/mol. The minimum absolute atomic E-state index is 0.0658. The number of hydrogen-bond donors (Lipinski definition) is 3. The van der Waals surface area contributed by atoms with E-state index in [1.807, 2.05) is 0 Å². The zero-order valence-electron chi connectivity index (χ0n) is 42.9. The first-order valence-electron chi connectivity index (χ1n) is 27.7. The second-order valence-corrected chi connectivity index (χ2v) is 19.2. The van der Waals surface area contributed by atoms with Crippen LogP contribution in [-0.4, -0.2) is 89.2 Å². The van der Waals surface area contributed by atoms with Crippen LogP contribution in [0.4, 0.5) is 0 Å². The van der Waals surface area contributed by atoms with E-state index in [0.29, 0.717) is 19.3 Å². The van der Waals surface area contributed by atoms with Crippen molar-refractivity contribution in [3.63, 3.8) is 0 Å². The molecule has 67 heavy (non-hydrogen) atoms. The van der Waals surface area contributed by atoms with Gasteiger partial charge in [-0.2, -0.15) is 0 Å². The standard InChI is InChI=1S/C55H100O12/c1-4-7-10-13-16-19-21-23-24-26-27-30-32-35-38-41-47(56)63-44-46(65-48(57)42-39-36-34-31-28-25-22-20-17-14-11-8-5-2)45-64-55-53(51(60)50(59)52(67-55)54(61)62)66-49(58)43-40-37-33-29-18-15-12-9-6-3/h23-24,46,50-53,55,59-60H,4-22,25-45H2,1-3H3,(H,61,62)/b24-23-. The third kappa shape index (κ3) is 35.3. The Balaban J connectivity index is 2.70. The first-order chi connectivity index (χ1) is 32.6. The minimum atomic E-state index is -1.89. The summed E-state index contributed by atoms with van der Waals surface area (Å²) in [4.78, 5) is 50.8. The number of unbranched alkanes of at least 4 members (excludes halogenated alkanes) is 31. The van der Waals surface area contributed by atoms with Crippen LogP contribution < -0.4 is 0 Å². The van der Waals surface area contributed by atoms with Crippen LogP contribution in [0, 0.1) is 0 Å². The number of allylic oxidation sites excluding steroid dienone is 2. The monoisotopic (exact) mass is 953 g/mol. The fraction of sp³-hybridized carbons (Fsp3) is 0.891. The van der Waals surface area contributed by atoms with E-state index in [9.17, 15) is 34.5 Å². The van der Waals surface area contributed by atoms with E-state index < -0.39 is 67.3 Å². The van der Waals surface area contributed by atoms with Crippen LogP contribution in [-0.2, 0) is 42.9 Å². The van der Waals surface area contributed by atoms with Gasteiger partial charge in [-0.3, -0.25) is 14.4 Å². The molecular formula is C55H100O12. The third-order valence-electron chi connectivity index (χ3n) is 12.8. The van der Waals surface area contributed by atoms with Crippen molar-refractivity contribution in [3.8, 4) is 0 Å². The number of esters is 3. The molecule has 0 aromatic rings. The van der Waals surface area contributed by atoms with E-state index in [4.69, 9.17) is 23.7 Å². The maximum atomic E-state index is 13.1. The number of rotatable bonds is 47. The van der Waals surface area contributed by atoms with Crippen LogP contribution in [0.15, 0.2) is 12.2 Å². The largest absolute Gasteiger partial charge is 0.479 e. The molecule has 0 saturated carbocycles. The van der Waals surface area contributed by atoms with Crippen LogP contribution >= 0.6 is 0 Å². The molecule has 1 heterocycles. The Morgan fingerprint density at radius 1 is 0.478 bits per heavy atom. The van der Waals surface area contributed by atoms with Gasteiger partial charge in [0, 0.05) is 19.3 Å². The number of aliphatic carboxylic acids is 1. The van der Waals surface area contributed by atoms with Crippen LogP contribution in [0.5, 0.6) is 0 Å². The maximum Gasteiger partial charge on any atom is 0.335 e. The Bertz CT molecular complexity index is 1230. The number of hydrogen-bond acceptors (Lipinski definition) is 11. The quantitative estimate of drug-likeness (QED) is 0.0228. The topological polar surface area (TPSA) is 175 Å². The lowest BCUT2D eigenvalue weighted by molar-refractivity contribution is -0.301. The van der Waals surface area contributed by atoms with Crippen LogP contribution in [0.25, 0.3) is 0 Å². The number of carbonyl (C=O) groups excluding carboxylic acids is 3. The van der Waals surface area contributed by atoms with Crippen LogP contribution in [0.2, 0.25) is 0 Å². The molecule has 0 amide bonds. The highest BCUT2D eigenvalue weighted by atomic mass is 16.7. The molecule has 1 fully saturated rings. The van der Waals surface area contributed by atoms with E-state index in [1.54, 1.807) is 0 Å². The molecule has 0 aliphatic carbocycles. The lowest BCUT2D eigenvalue weighted by Crippen LogP contribution is -2.61. The Morgan fingerprint density at radius 2 is 0.851 bits per heavy atom. The van der Waals surface area contributed by atoms with Crippen molar-refractivity contribution in [2.45, 2.75) is 302 Å². The molecule has 0 spiro atoms. The van der Waals surface area contributed by atoms with E-state index in [-0.39, 0.29) is 25.9 Å². The number of carbonyl (C=O) groups is 4. The van der Waals surface area contributed by atoms with E-state index in [1.165, 1.54) is 122 Å². The van der Waals surface area contributed by atoms with Gasteiger partial charge in [0.05, 0.1) is 6.61 Å². The Morgan fingerprint density at radius 3 is 1.27 bits per heavy atom. The Kier molecular flexibility index (Phi) is 41.6. The fourth-order valence-electron chi connectivity index (χ4n) is 8.54. The van der Waals surface area contributed by atoms with Crippen molar-refractivity contribution in [2.75, 3.05) is 13.2 Å². The number of aliphatic hydroxyl groups is 2. The summed E-state index contributed by atoms with van der Waals surface area (Å²) in [6.07, 6.45) is 34.9. The molecule has 0 aromatic carbocycles. The summed E-state index contributed by atoms with van der Waals surface area (Å²) in [6, 6.07) is 0. The molecule has 1 aliphatic rings. The molecule has 0 bridgehead atoms. The number of aliphatic hydroxyl groups excluding tert-OH is 2. The summed E-state index contributed by atoms with van der Waals surface area (Å²) in [7, 11) is 0. The molecular weight excluding hydrogens is 853 g/mol. The summed E-state index contributed by atoms with van der Waals surface area (Å²) in [6.45, 7) is 5.95. The first-order valence-corrected chi connectivity index (χ1v) is 27.7. The average Bonchev–Trinajstić information content (AvgIpc) is 3.31. The first kappa shape index (κ1) is 62.5. The average molecular weight is 953 g/mol. The van der Waals surface area contributed by atoms with E-state index in [2.05, 4.69) is 32.9 Å². The molecule has 12 nitrogen and oxygen atoms in total. The van der Waals surface area contributed by atoms with Crippen molar-refractivity contribution < 1.29 is 58.2 Å². The van der Waals surface area contributed by atoms with Crippen LogP contribution in [0.3, 0.4) is 0 Å². The lowest BCUT2D eigenvalue weighted by Gasteiger charge is -2.40. The van der Waals surface area contributed by atoms with Gasteiger partial charge in [-0.05, 0) is 44.9 Å². The zero-order chi connectivity index (χ0) is 49.0. The summed E-state index contributed by atoms with van der Waals surface area (Å²) in [5.41, 5.74) is 0. The summed E-state index contributed by atoms with van der Waals surface area (Å²) in [5.74, 6) is -3.10. The second-order valence-electron chi connectivity index (χ2n) is 19.2. The number of carboxylic acids is 1. The molecule has 1 aliphatic heterocycles. The van der Waals surface area contributed by atoms with Crippen molar-refractivity contribution in [1.82, 2.24) is 0 Å². The van der Waals surface area contributed by atoms with Gasteiger partial charge < -0.3 is 39.0 Å². The van der Waals surface area contributed by atoms with Gasteiger partial charge in [0.15, 0.2) is 24.6 Å². The van der Waals surface area contributed by atoms with Gasteiger partial charge in [0.1, 0.15) is 18.8 Å². The normalized spacial score (nSPS) is 18.9. The smallest absolute Gasteiger partial charge is 0.335 e. The molecule has 6 unspecified atom stereocenters. The van der Waals surface area contributed by atoms with Crippen molar-refractivity contribution >= 4 is 23.9 Å². The maximum absolute atomic E-state index is 13.1. The highest BCUT2D eigenvalue weighted by Crippen LogP contribution is 2.26. The van der Waals surface area contributed by atoms with Crippen molar-refractivity contribution in [3.05, 3.63) is 12.2 Å². The van der Waals surface area contributed by atoms with Gasteiger partial charge >= 0.3 is 23.9 Å². The van der Waals surface area contributed by atoms with Gasteiger partial charge in [0.2, 0.25) is 0 Å². The molecule has 0 aromatic heterocycles. The van der Waals surface area contributed by atoms with Gasteiger partial charge in [-0.1, -0.05) is 213 Å². The van der Waals surface area contributed by atoms with Gasteiger partial charge in [-0.15, -0.1) is 0 Å². The molecule has 0 radical (unpaired) electrons. The molecule has 1 saturated heterocycles. The molecule has 1 rings (SSSR count). The Labute approximate surface area is 407 Å². The molecule has 12 heteroatoms. The van der Waals surface area contributed by atoms with E-state index >= 15 is 0 Å². The van der Waals surface area contributed by atoms with Gasteiger partial charge in [0.25, 0.3) is 0 Å². The highest BCUT2D eigenvalue weighted by Gasteiger charge is 2.50. The molecule has 6 atom stereocenters. The zero-order valence-corrected chi connectivity index (χ0v) is 42.9. The highest BCUT2D eigenvalue weighted by molar-refractivity contribution is 5.74. The summed E-state index contributed by atoms with van der Waals surface area (Å²) >= 11 is 0. The van der Waals surface area contributed by atoms with Crippen molar-refractivity contribution in [2.24, 2.45) is 0 Å². The summed E-state index contributed by atoms with van der Waals surface area (Å²) in [5, 5.41) is 31.3. The molecule has 3 N–H and O–H groups in total. The third-order valence-corrected chi connectivity index (χ3v) is 12.8. The molecule has 392 valence electrons. The van der Waals surface area contributed by atoms with Crippen LogP contribution in [0.1, 0.15) is 265 Å². The fourth-order valence-corrected chi connectivity index (χ4v) is 8.54. The second kappa shape index (κ2) is 44.7. The number of carboxylic acid groups (broad SMARTS) is 1. The van der Waals surface area contributed by atoms with Crippen molar-refractivity contribution in [1.29, 1.82) is 0 Å². The number of ether oxygens (including phenoxy) is 5. The van der Waals surface area contributed by atoms with E-state index in [0.717, 1.165) is 83.5 Å². The Hall–Kier alpha value is -2.54.